The van der Waals surface area contributed by atoms with Crippen LogP contribution < -0.4 is 0 Å². The van der Waals surface area contributed by atoms with Crippen LogP contribution in [-0.4, -0.2) is 29.6 Å². The predicted molar refractivity (Wildman–Crippen MR) is 134 cm³/mol. The van der Waals surface area contributed by atoms with E-state index >= 15 is 0 Å². The van der Waals surface area contributed by atoms with Gasteiger partial charge in [0.25, 0.3) is 0 Å². The van der Waals surface area contributed by atoms with Gasteiger partial charge in [0.05, 0.1) is 17.2 Å². The van der Waals surface area contributed by atoms with Crippen molar-refractivity contribution in [1.82, 2.24) is 4.90 Å². The number of nitrogens with zero attached hydrogens (tertiary/aromatic N) is 3. The number of amidine groups is 1. The smallest absolute Gasteiger partial charge is 0.106 e. The first-order valence-corrected chi connectivity index (χ1v) is 11.9. The highest BCUT2D eigenvalue weighted by Crippen LogP contribution is 2.39. The zero-order valence-electron chi connectivity index (χ0n) is 19.9. The minimum absolute atomic E-state index is 0.203. The molecule has 1 heterocycles. The molecular formula is C28H37N3O. The van der Waals surface area contributed by atoms with Crippen molar-refractivity contribution in [2.45, 2.75) is 77.8 Å². The average molecular weight is 432 g/mol. The summed E-state index contributed by atoms with van der Waals surface area (Å²) in [4.78, 5) is 15.8. The van der Waals surface area contributed by atoms with E-state index in [2.05, 4.69) is 42.2 Å². The van der Waals surface area contributed by atoms with Gasteiger partial charge in [-0.15, -0.1) is 0 Å². The summed E-state index contributed by atoms with van der Waals surface area (Å²) in [6.45, 7) is 10.3. The lowest BCUT2D eigenvalue weighted by Crippen LogP contribution is -2.33. The topological polar surface area (TPSA) is 56.5 Å². The van der Waals surface area contributed by atoms with Gasteiger partial charge in [0.15, 0.2) is 0 Å². The Morgan fingerprint density at radius 3 is 2.34 bits per heavy atom. The number of aliphatic imine (C=N–C) groups is 1. The molecule has 4 heteroatoms. The van der Waals surface area contributed by atoms with Crippen LogP contribution in [0.25, 0.3) is 11.1 Å². The van der Waals surface area contributed by atoms with E-state index in [0.29, 0.717) is 0 Å². The highest BCUT2D eigenvalue weighted by Gasteiger charge is 2.40. The van der Waals surface area contributed by atoms with Gasteiger partial charge in [-0.05, 0) is 42.0 Å². The molecule has 0 saturated heterocycles. The van der Waals surface area contributed by atoms with E-state index in [0.717, 1.165) is 36.2 Å². The summed E-state index contributed by atoms with van der Waals surface area (Å²) in [6, 6.07) is 18.8. The molecule has 1 spiro atoms. The molecule has 1 fully saturated rings. The Morgan fingerprint density at radius 1 is 1.06 bits per heavy atom. The molecule has 0 N–H and O–H groups in total. The zero-order chi connectivity index (χ0) is 23.4. The van der Waals surface area contributed by atoms with Crippen LogP contribution >= 0.6 is 0 Å². The lowest BCUT2D eigenvalue weighted by atomic mass is 9.98. The lowest BCUT2D eigenvalue weighted by molar-refractivity contribution is -0.0979. The molecule has 1 aliphatic carbocycles. The second-order valence-corrected chi connectivity index (χ2v) is 8.27. The van der Waals surface area contributed by atoms with Gasteiger partial charge in [-0.25, -0.2) is 0 Å². The van der Waals surface area contributed by atoms with E-state index in [1.54, 1.807) is 0 Å². The largest absolute Gasteiger partial charge is 0.354 e. The van der Waals surface area contributed by atoms with Crippen LogP contribution in [0.2, 0.25) is 0 Å². The molecule has 1 aliphatic heterocycles. The summed E-state index contributed by atoms with van der Waals surface area (Å²) in [5, 5.41) is 9.36. The van der Waals surface area contributed by atoms with Crippen molar-refractivity contribution in [2.75, 3.05) is 6.54 Å². The van der Waals surface area contributed by atoms with E-state index in [4.69, 9.17) is 9.79 Å². The van der Waals surface area contributed by atoms with E-state index < -0.39 is 0 Å². The maximum absolute atomic E-state index is 9.36. The lowest BCUT2D eigenvalue weighted by Gasteiger charge is -2.25. The third-order valence-corrected chi connectivity index (χ3v) is 6.19. The molecule has 0 atom stereocenters. The molecular weight excluding hydrogens is 394 g/mol. The van der Waals surface area contributed by atoms with Crippen LogP contribution in [0.1, 0.15) is 76.8 Å². The van der Waals surface area contributed by atoms with Crippen LogP contribution in [0.3, 0.4) is 0 Å². The molecule has 4 rings (SSSR count). The van der Waals surface area contributed by atoms with Gasteiger partial charge in [-0.1, -0.05) is 82.5 Å². The summed E-state index contributed by atoms with van der Waals surface area (Å²) >= 11 is 0. The van der Waals surface area contributed by atoms with Crippen molar-refractivity contribution >= 4 is 12.6 Å². The molecule has 4 nitrogen and oxygen atoms in total. The Morgan fingerprint density at radius 2 is 1.72 bits per heavy atom. The molecule has 2 aromatic rings. The molecule has 0 bridgehead atoms. The van der Waals surface area contributed by atoms with Crippen LogP contribution in [0.5, 0.6) is 0 Å². The van der Waals surface area contributed by atoms with E-state index in [9.17, 15) is 5.26 Å². The van der Waals surface area contributed by atoms with Crippen molar-refractivity contribution in [2.24, 2.45) is 4.99 Å². The second kappa shape index (κ2) is 12.8. The molecule has 32 heavy (non-hydrogen) atoms. The minimum atomic E-state index is 0.203. The maximum Gasteiger partial charge on any atom is 0.106 e. The number of carbonyl (C=O) groups excluding carboxylic acids is 1. The van der Waals surface area contributed by atoms with Crippen molar-refractivity contribution in [3.05, 3.63) is 59.7 Å². The fourth-order valence-electron chi connectivity index (χ4n) is 4.67. The van der Waals surface area contributed by atoms with Gasteiger partial charge in [0.1, 0.15) is 12.6 Å². The zero-order valence-corrected chi connectivity index (χ0v) is 19.9. The Hall–Kier alpha value is -2.93. The van der Waals surface area contributed by atoms with E-state index in [-0.39, 0.29) is 5.54 Å². The van der Waals surface area contributed by atoms with Crippen LogP contribution in [0, 0.1) is 11.3 Å². The van der Waals surface area contributed by atoms with Crippen molar-refractivity contribution < 1.29 is 4.79 Å². The predicted octanol–water partition coefficient (Wildman–Crippen LogP) is 6.78. The molecule has 2 aromatic carbocycles. The second-order valence-electron chi connectivity index (χ2n) is 8.27. The quantitative estimate of drug-likeness (QED) is 0.506. The Bertz CT molecular complexity index is 905. The first-order chi connectivity index (χ1) is 15.7. The van der Waals surface area contributed by atoms with Crippen LogP contribution in [0.4, 0.5) is 0 Å². The SMILES string of the molecule is C=O.CC.CCCCC1=NC2(CCCC2)CN1Cc1ccc(-c2ccccc2C#N)cc1. The normalized spacial score (nSPS) is 15.8. The van der Waals surface area contributed by atoms with Gasteiger partial charge in [-0.2, -0.15) is 5.26 Å². The van der Waals surface area contributed by atoms with Gasteiger partial charge < -0.3 is 9.69 Å². The molecule has 2 aliphatic rings. The van der Waals surface area contributed by atoms with E-state index in [1.165, 1.54) is 49.9 Å². The summed E-state index contributed by atoms with van der Waals surface area (Å²) in [6.07, 6.45) is 8.69. The Balaban J connectivity index is 0.000000860. The summed E-state index contributed by atoms with van der Waals surface area (Å²) in [5.41, 5.74) is 4.36. The summed E-state index contributed by atoms with van der Waals surface area (Å²) in [5.74, 6) is 1.32. The van der Waals surface area contributed by atoms with Crippen LogP contribution in [-0.2, 0) is 11.3 Å². The highest BCUT2D eigenvalue weighted by molar-refractivity contribution is 5.84. The van der Waals surface area contributed by atoms with Crippen molar-refractivity contribution in [1.29, 1.82) is 5.26 Å². The van der Waals surface area contributed by atoms with Crippen LogP contribution in [0.15, 0.2) is 53.5 Å². The molecule has 0 amide bonds. The fraction of sp³-hybridized carbons (Fsp3) is 0.464. The number of benzene rings is 2. The summed E-state index contributed by atoms with van der Waals surface area (Å²) < 4.78 is 0. The molecule has 0 radical (unpaired) electrons. The number of nitriles is 1. The maximum atomic E-state index is 9.36. The number of hydrogen-bond acceptors (Lipinski definition) is 4. The molecule has 0 unspecified atom stereocenters. The van der Waals surface area contributed by atoms with Crippen molar-refractivity contribution in [3.63, 3.8) is 0 Å². The molecule has 0 aromatic heterocycles. The van der Waals surface area contributed by atoms with Gasteiger partial charge in [-0.3, -0.25) is 4.99 Å². The van der Waals surface area contributed by atoms with Gasteiger partial charge in [0, 0.05) is 19.5 Å². The fourth-order valence-corrected chi connectivity index (χ4v) is 4.67. The number of hydrogen-bond donors (Lipinski definition) is 0. The number of carbonyl (C=O) groups is 1. The number of rotatable bonds is 6. The van der Waals surface area contributed by atoms with E-state index in [1.807, 2.05) is 44.9 Å². The standard InChI is InChI=1S/C25H29N3.C2H6.CH2O/c1-2-3-10-24-27-25(15-6-7-16-25)19-28(24)18-20-11-13-21(14-12-20)23-9-5-4-8-22(23)17-26;2*1-2/h4-5,8-9,11-14H,2-3,6-7,10,15-16,18-19H2,1H3;1-2H3;1H2. The first kappa shape index (κ1) is 25.3. The Labute approximate surface area is 194 Å². The van der Waals surface area contributed by atoms with Gasteiger partial charge >= 0.3 is 0 Å². The average Bonchev–Trinajstić information content (AvgIpc) is 3.46. The monoisotopic (exact) mass is 431 g/mol. The number of unbranched alkanes of at least 4 members (excludes halogenated alkanes) is 1. The summed E-state index contributed by atoms with van der Waals surface area (Å²) in [7, 11) is 0. The third kappa shape index (κ3) is 6.07. The highest BCUT2D eigenvalue weighted by atomic mass is 16.1. The van der Waals surface area contributed by atoms with Gasteiger partial charge in [0.2, 0.25) is 0 Å². The Kier molecular flexibility index (Phi) is 10.1. The molecule has 1 saturated carbocycles. The first-order valence-electron chi connectivity index (χ1n) is 11.9. The minimum Gasteiger partial charge on any atom is -0.354 e. The molecule has 170 valence electrons. The third-order valence-electron chi connectivity index (χ3n) is 6.19. The van der Waals surface area contributed by atoms with Crippen molar-refractivity contribution in [3.8, 4) is 17.2 Å².